The SMILES string of the molecule is Cn1cc2ccc(C(=O)N3CC[C@H](c4c[nH]c5ccccc45)C3)cc2n1. The van der Waals surface area contributed by atoms with Gasteiger partial charge in [0.05, 0.1) is 5.52 Å². The number of rotatable bonds is 2. The highest BCUT2D eigenvalue weighted by Gasteiger charge is 2.29. The van der Waals surface area contributed by atoms with Crippen molar-refractivity contribution in [1.82, 2.24) is 19.7 Å². The Morgan fingerprint density at radius 1 is 1.23 bits per heavy atom. The summed E-state index contributed by atoms with van der Waals surface area (Å²) in [6, 6.07) is 14.1. The number of hydrogen-bond acceptors (Lipinski definition) is 2. The fraction of sp³-hybridized carbons (Fsp3) is 0.238. The van der Waals surface area contributed by atoms with E-state index in [1.807, 2.05) is 42.4 Å². The van der Waals surface area contributed by atoms with Gasteiger partial charge in [-0.2, -0.15) is 5.10 Å². The number of nitrogens with zero attached hydrogens (tertiary/aromatic N) is 3. The zero-order valence-electron chi connectivity index (χ0n) is 14.6. The molecule has 26 heavy (non-hydrogen) atoms. The second kappa shape index (κ2) is 5.73. The first-order valence-electron chi connectivity index (χ1n) is 8.98. The number of fused-ring (bicyclic) bond motifs is 2. The summed E-state index contributed by atoms with van der Waals surface area (Å²) in [5.74, 6) is 0.480. The van der Waals surface area contributed by atoms with Crippen LogP contribution in [0, 0.1) is 0 Å². The first-order chi connectivity index (χ1) is 12.7. The molecule has 0 spiro atoms. The Kier molecular flexibility index (Phi) is 3.35. The summed E-state index contributed by atoms with van der Waals surface area (Å²) in [7, 11) is 1.90. The first-order valence-corrected chi connectivity index (χ1v) is 8.98. The molecule has 1 aliphatic heterocycles. The third kappa shape index (κ3) is 2.39. The van der Waals surface area contributed by atoms with Gasteiger partial charge in [-0.05, 0) is 30.2 Å². The van der Waals surface area contributed by atoms with Crippen LogP contribution in [-0.2, 0) is 7.05 Å². The van der Waals surface area contributed by atoms with E-state index in [1.165, 1.54) is 10.9 Å². The molecular formula is C21H20N4O. The molecule has 1 fully saturated rings. The summed E-state index contributed by atoms with van der Waals surface area (Å²) in [6.45, 7) is 1.56. The summed E-state index contributed by atoms with van der Waals surface area (Å²) in [5.41, 5.74) is 4.06. The monoisotopic (exact) mass is 344 g/mol. The number of para-hydroxylation sites is 1. The molecule has 5 heteroatoms. The van der Waals surface area contributed by atoms with Gasteiger partial charge in [0.1, 0.15) is 0 Å². The lowest BCUT2D eigenvalue weighted by atomic mass is 9.98. The predicted molar refractivity (Wildman–Crippen MR) is 102 cm³/mol. The summed E-state index contributed by atoms with van der Waals surface area (Å²) >= 11 is 0. The topological polar surface area (TPSA) is 53.9 Å². The molecule has 0 radical (unpaired) electrons. The molecular weight excluding hydrogens is 324 g/mol. The van der Waals surface area contributed by atoms with Crippen LogP contribution < -0.4 is 0 Å². The molecule has 4 aromatic rings. The van der Waals surface area contributed by atoms with E-state index in [2.05, 4.69) is 34.5 Å². The average molecular weight is 344 g/mol. The van der Waals surface area contributed by atoms with Crippen LogP contribution in [0.25, 0.3) is 21.8 Å². The molecule has 5 nitrogen and oxygen atoms in total. The number of aryl methyl sites for hydroxylation is 1. The molecule has 0 unspecified atom stereocenters. The van der Waals surface area contributed by atoms with E-state index in [-0.39, 0.29) is 5.91 Å². The minimum absolute atomic E-state index is 0.0971. The Morgan fingerprint density at radius 3 is 3.04 bits per heavy atom. The Bertz CT molecular complexity index is 1120. The fourth-order valence-corrected chi connectivity index (χ4v) is 4.09. The van der Waals surface area contributed by atoms with Gasteiger partial charge in [0.15, 0.2) is 0 Å². The average Bonchev–Trinajstić information content (AvgIpc) is 3.36. The van der Waals surface area contributed by atoms with E-state index in [1.54, 1.807) is 4.68 Å². The quantitative estimate of drug-likeness (QED) is 0.603. The van der Waals surface area contributed by atoms with Gasteiger partial charge in [0.2, 0.25) is 0 Å². The van der Waals surface area contributed by atoms with E-state index < -0.39 is 0 Å². The van der Waals surface area contributed by atoms with Gasteiger partial charge in [-0.15, -0.1) is 0 Å². The first kappa shape index (κ1) is 15.2. The van der Waals surface area contributed by atoms with Gasteiger partial charge < -0.3 is 9.88 Å². The number of nitrogens with one attached hydrogen (secondary N) is 1. The van der Waals surface area contributed by atoms with E-state index in [4.69, 9.17) is 0 Å². The normalized spacial score (nSPS) is 17.4. The maximum absolute atomic E-state index is 13.0. The van der Waals surface area contributed by atoms with Gasteiger partial charge in [-0.25, -0.2) is 0 Å². The van der Waals surface area contributed by atoms with Crippen molar-refractivity contribution < 1.29 is 4.79 Å². The maximum Gasteiger partial charge on any atom is 0.253 e. The minimum atomic E-state index is 0.0971. The van der Waals surface area contributed by atoms with Crippen LogP contribution in [0.4, 0.5) is 0 Å². The van der Waals surface area contributed by atoms with Crippen molar-refractivity contribution in [3.05, 3.63) is 66.0 Å². The van der Waals surface area contributed by atoms with Crippen LogP contribution >= 0.6 is 0 Å². The minimum Gasteiger partial charge on any atom is -0.361 e. The predicted octanol–water partition coefficient (Wildman–Crippen LogP) is 3.68. The van der Waals surface area contributed by atoms with Crippen LogP contribution in [0.1, 0.15) is 28.3 Å². The maximum atomic E-state index is 13.0. The zero-order chi connectivity index (χ0) is 17.7. The van der Waals surface area contributed by atoms with Crippen molar-refractivity contribution >= 4 is 27.7 Å². The molecule has 2 aromatic heterocycles. The molecule has 2 aromatic carbocycles. The lowest BCUT2D eigenvalue weighted by Crippen LogP contribution is -2.28. The van der Waals surface area contributed by atoms with Crippen LogP contribution in [0.5, 0.6) is 0 Å². The number of carbonyl (C=O) groups is 1. The third-order valence-electron chi connectivity index (χ3n) is 5.41. The number of aromatic amines is 1. The number of carbonyl (C=O) groups excluding carboxylic acids is 1. The highest BCUT2D eigenvalue weighted by molar-refractivity contribution is 5.98. The Balaban J connectivity index is 1.40. The number of H-pyrrole nitrogens is 1. The lowest BCUT2D eigenvalue weighted by molar-refractivity contribution is 0.0791. The molecule has 1 saturated heterocycles. The number of likely N-dealkylation sites (tertiary alicyclic amines) is 1. The van der Waals surface area contributed by atoms with Crippen molar-refractivity contribution in [2.45, 2.75) is 12.3 Å². The van der Waals surface area contributed by atoms with E-state index >= 15 is 0 Å². The van der Waals surface area contributed by atoms with Crippen LogP contribution in [0.2, 0.25) is 0 Å². The lowest BCUT2D eigenvalue weighted by Gasteiger charge is -2.16. The van der Waals surface area contributed by atoms with Crippen LogP contribution in [0.15, 0.2) is 54.9 Å². The molecule has 130 valence electrons. The molecule has 0 saturated carbocycles. The van der Waals surface area contributed by atoms with Crippen molar-refractivity contribution in [3.8, 4) is 0 Å². The molecule has 3 heterocycles. The number of aromatic nitrogens is 3. The van der Waals surface area contributed by atoms with Gasteiger partial charge in [-0.1, -0.05) is 24.3 Å². The largest absolute Gasteiger partial charge is 0.361 e. The molecule has 1 amide bonds. The van der Waals surface area contributed by atoms with Gasteiger partial charge in [0, 0.05) is 60.3 Å². The second-order valence-corrected chi connectivity index (χ2v) is 7.10. The molecule has 1 atom stereocenters. The molecule has 0 aliphatic carbocycles. The molecule has 1 aliphatic rings. The van der Waals surface area contributed by atoms with Crippen molar-refractivity contribution in [1.29, 1.82) is 0 Å². The standard InChI is InChI=1S/C21H20N4O/c1-24-12-16-7-6-14(10-20(16)23-24)21(26)25-9-8-15(13-25)18-11-22-19-5-3-2-4-17(18)19/h2-7,10-12,15,22H,8-9,13H2,1H3/t15-/m0/s1. The number of amides is 1. The molecule has 1 N–H and O–H groups in total. The van der Waals surface area contributed by atoms with Crippen LogP contribution in [0.3, 0.4) is 0 Å². The molecule has 0 bridgehead atoms. The van der Waals surface area contributed by atoms with Gasteiger partial charge in [0.25, 0.3) is 5.91 Å². The Labute approximate surface area is 151 Å². The Morgan fingerprint density at radius 2 is 2.12 bits per heavy atom. The van der Waals surface area contributed by atoms with Crippen molar-refractivity contribution in [2.75, 3.05) is 13.1 Å². The number of hydrogen-bond donors (Lipinski definition) is 1. The highest BCUT2D eigenvalue weighted by Crippen LogP contribution is 2.33. The van der Waals surface area contributed by atoms with Crippen molar-refractivity contribution in [3.63, 3.8) is 0 Å². The van der Waals surface area contributed by atoms with Gasteiger partial charge in [-0.3, -0.25) is 9.48 Å². The van der Waals surface area contributed by atoms with E-state index in [0.717, 1.165) is 41.5 Å². The van der Waals surface area contributed by atoms with E-state index in [9.17, 15) is 4.79 Å². The summed E-state index contributed by atoms with van der Waals surface area (Å²) in [4.78, 5) is 18.3. The van der Waals surface area contributed by atoms with Crippen molar-refractivity contribution in [2.24, 2.45) is 7.05 Å². The summed E-state index contributed by atoms with van der Waals surface area (Å²) in [5, 5.41) is 6.74. The smallest absolute Gasteiger partial charge is 0.253 e. The second-order valence-electron chi connectivity index (χ2n) is 7.10. The van der Waals surface area contributed by atoms with Gasteiger partial charge >= 0.3 is 0 Å². The Hall–Kier alpha value is -3.08. The van der Waals surface area contributed by atoms with E-state index in [0.29, 0.717) is 5.92 Å². The zero-order valence-corrected chi connectivity index (χ0v) is 14.6. The summed E-state index contributed by atoms with van der Waals surface area (Å²) in [6.07, 6.45) is 5.06. The fourth-order valence-electron chi connectivity index (χ4n) is 4.09. The number of benzene rings is 2. The summed E-state index contributed by atoms with van der Waals surface area (Å²) < 4.78 is 1.78. The molecule has 5 rings (SSSR count). The van der Waals surface area contributed by atoms with Crippen LogP contribution in [-0.4, -0.2) is 38.7 Å². The third-order valence-corrected chi connectivity index (χ3v) is 5.41. The highest BCUT2D eigenvalue weighted by atomic mass is 16.2.